The number of rotatable bonds is 3. The molecular weight excluding hydrogens is 182 g/mol. The van der Waals surface area contributed by atoms with Gasteiger partial charge < -0.3 is 5.32 Å². The van der Waals surface area contributed by atoms with Crippen LogP contribution in [0.1, 0.15) is 72.1 Å². The third kappa shape index (κ3) is 6.94. The predicted molar refractivity (Wildman–Crippen MR) is 68.2 cm³/mol. The fourth-order valence-electron chi connectivity index (χ4n) is 2.31. The summed E-state index contributed by atoms with van der Waals surface area (Å²) >= 11 is 0. The molecule has 0 spiro atoms. The Labute approximate surface area is 96.0 Å². The summed E-state index contributed by atoms with van der Waals surface area (Å²) in [6.45, 7) is 8.18. The van der Waals surface area contributed by atoms with Crippen molar-refractivity contribution < 1.29 is 0 Å². The van der Waals surface area contributed by atoms with Crippen LogP contribution in [-0.4, -0.2) is 12.6 Å². The SMILES string of the molecule is CC(C)(C)CCNC1CCCCCCC1. The van der Waals surface area contributed by atoms with Gasteiger partial charge in [0.1, 0.15) is 0 Å². The van der Waals surface area contributed by atoms with Crippen LogP contribution in [0.15, 0.2) is 0 Å². The van der Waals surface area contributed by atoms with E-state index in [0.717, 1.165) is 6.04 Å². The monoisotopic (exact) mass is 211 g/mol. The molecule has 15 heavy (non-hydrogen) atoms. The van der Waals surface area contributed by atoms with Gasteiger partial charge >= 0.3 is 0 Å². The second-order valence-electron chi connectivity index (χ2n) is 6.31. The van der Waals surface area contributed by atoms with Gasteiger partial charge in [0.2, 0.25) is 0 Å². The first-order valence-corrected chi connectivity index (χ1v) is 6.81. The summed E-state index contributed by atoms with van der Waals surface area (Å²) in [7, 11) is 0. The Balaban J connectivity index is 2.12. The minimum atomic E-state index is 0.481. The van der Waals surface area contributed by atoms with Gasteiger partial charge in [0.05, 0.1) is 0 Å². The van der Waals surface area contributed by atoms with E-state index < -0.39 is 0 Å². The van der Waals surface area contributed by atoms with Crippen molar-refractivity contribution in [2.75, 3.05) is 6.54 Å². The number of nitrogens with one attached hydrogen (secondary N) is 1. The topological polar surface area (TPSA) is 12.0 Å². The zero-order valence-electron chi connectivity index (χ0n) is 10.9. The van der Waals surface area contributed by atoms with E-state index in [-0.39, 0.29) is 0 Å². The van der Waals surface area contributed by atoms with Gasteiger partial charge in [0, 0.05) is 6.04 Å². The summed E-state index contributed by atoms with van der Waals surface area (Å²) in [5.41, 5.74) is 0.481. The molecule has 0 radical (unpaired) electrons. The number of hydrogen-bond donors (Lipinski definition) is 1. The smallest absolute Gasteiger partial charge is 0.00670 e. The molecule has 0 heterocycles. The van der Waals surface area contributed by atoms with E-state index in [1.165, 1.54) is 57.9 Å². The molecule has 1 fully saturated rings. The fourth-order valence-corrected chi connectivity index (χ4v) is 2.31. The van der Waals surface area contributed by atoms with Crippen molar-refractivity contribution in [2.24, 2.45) is 5.41 Å². The highest BCUT2D eigenvalue weighted by Gasteiger charge is 2.13. The third-order valence-electron chi connectivity index (χ3n) is 3.41. The van der Waals surface area contributed by atoms with Gasteiger partial charge in [-0.2, -0.15) is 0 Å². The van der Waals surface area contributed by atoms with Crippen molar-refractivity contribution in [2.45, 2.75) is 78.2 Å². The summed E-state index contributed by atoms with van der Waals surface area (Å²) < 4.78 is 0. The molecule has 1 aliphatic rings. The van der Waals surface area contributed by atoms with E-state index in [9.17, 15) is 0 Å². The molecule has 0 atom stereocenters. The predicted octanol–water partition coefficient (Wildman–Crippen LogP) is 4.13. The van der Waals surface area contributed by atoms with E-state index in [4.69, 9.17) is 0 Å². The largest absolute Gasteiger partial charge is 0.314 e. The quantitative estimate of drug-likeness (QED) is 0.740. The van der Waals surface area contributed by atoms with Crippen molar-refractivity contribution in [1.29, 1.82) is 0 Å². The zero-order chi connectivity index (χ0) is 11.1. The van der Waals surface area contributed by atoms with E-state index in [0.29, 0.717) is 5.41 Å². The lowest BCUT2D eigenvalue weighted by atomic mass is 9.91. The average molecular weight is 211 g/mol. The van der Waals surface area contributed by atoms with Crippen LogP contribution in [0.25, 0.3) is 0 Å². The molecule has 0 aromatic heterocycles. The maximum Gasteiger partial charge on any atom is 0.00670 e. The van der Waals surface area contributed by atoms with Crippen molar-refractivity contribution in [1.82, 2.24) is 5.32 Å². The standard InChI is InChI=1S/C14H29N/c1-14(2,3)11-12-15-13-9-7-5-4-6-8-10-13/h13,15H,4-12H2,1-3H3. The highest BCUT2D eigenvalue weighted by Crippen LogP contribution is 2.19. The van der Waals surface area contributed by atoms with Gasteiger partial charge in [-0.3, -0.25) is 0 Å². The first-order valence-electron chi connectivity index (χ1n) is 6.81. The van der Waals surface area contributed by atoms with Crippen LogP contribution < -0.4 is 5.32 Å². The van der Waals surface area contributed by atoms with Crippen LogP contribution in [0.4, 0.5) is 0 Å². The lowest BCUT2D eigenvalue weighted by Crippen LogP contribution is -2.32. The molecule has 90 valence electrons. The van der Waals surface area contributed by atoms with Crippen LogP contribution in [0.5, 0.6) is 0 Å². The fraction of sp³-hybridized carbons (Fsp3) is 1.00. The molecule has 0 saturated heterocycles. The van der Waals surface area contributed by atoms with Gasteiger partial charge in [0.25, 0.3) is 0 Å². The molecule has 1 N–H and O–H groups in total. The minimum absolute atomic E-state index is 0.481. The van der Waals surface area contributed by atoms with Crippen LogP contribution >= 0.6 is 0 Å². The molecule has 1 saturated carbocycles. The van der Waals surface area contributed by atoms with E-state index in [1.807, 2.05) is 0 Å². The maximum atomic E-state index is 3.75. The van der Waals surface area contributed by atoms with Gasteiger partial charge in [0.15, 0.2) is 0 Å². The lowest BCUT2D eigenvalue weighted by Gasteiger charge is -2.24. The molecule has 1 rings (SSSR count). The Kier molecular flexibility index (Phi) is 5.66. The van der Waals surface area contributed by atoms with Crippen LogP contribution in [-0.2, 0) is 0 Å². The molecular formula is C14H29N. The van der Waals surface area contributed by atoms with E-state index in [2.05, 4.69) is 26.1 Å². The van der Waals surface area contributed by atoms with Gasteiger partial charge in [-0.1, -0.05) is 52.9 Å². The lowest BCUT2D eigenvalue weighted by molar-refractivity contribution is 0.331. The average Bonchev–Trinajstić information content (AvgIpc) is 2.06. The molecule has 0 aliphatic heterocycles. The van der Waals surface area contributed by atoms with Crippen molar-refractivity contribution in [3.05, 3.63) is 0 Å². The Hall–Kier alpha value is -0.0400. The summed E-state index contributed by atoms with van der Waals surface area (Å²) in [5, 5.41) is 3.75. The van der Waals surface area contributed by atoms with Gasteiger partial charge in [-0.25, -0.2) is 0 Å². The first-order chi connectivity index (χ1) is 7.08. The molecule has 1 heteroatoms. The second kappa shape index (κ2) is 6.52. The van der Waals surface area contributed by atoms with Gasteiger partial charge in [-0.15, -0.1) is 0 Å². The van der Waals surface area contributed by atoms with Crippen molar-refractivity contribution in [3.8, 4) is 0 Å². The van der Waals surface area contributed by atoms with E-state index >= 15 is 0 Å². The van der Waals surface area contributed by atoms with Crippen LogP contribution in [0.2, 0.25) is 0 Å². The molecule has 0 bridgehead atoms. The van der Waals surface area contributed by atoms with Crippen LogP contribution in [0, 0.1) is 5.41 Å². The third-order valence-corrected chi connectivity index (χ3v) is 3.41. The second-order valence-corrected chi connectivity index (χ2v) is 6.31. The molecule has 0 aromatic carbocycles. The zero-order valence-corrected chi connectivity index (χ0v) is 10.9. The normalized spacial score (nSPS) is 21.0. The Morgan fingerprint density at radius 3 is 2.00 bits per heavy atom. The molecule has 0 unspecified atom stereocenters. The highest BCUT2D eigenvalue weighted by atomic mass is 14.9. The maximum absolute atomic E-state index is 3.75. The Bertz CT molecular complexity index is 149. The molecule has 0 aromatic rings. The first kappa shape index (κ1) is 13.0. The molecule has 0 amide bonds. The summed E-state index contributed by atoms with van der Waals surface area (Å²) in [4.78, 5) is 0. The minimum Gasteiger partial charge on any atom is -0.314 e. The number of hydrogen-bond acceptors (Lipinski definition) is 1. The summed E-state index contributed by atoms with van der Waals surface area (Å²) in [6.07, 6.45) is 11.4. The van der Waals surface area contributed by atoms with Crippen LogP contribution in [0.3, 0.4) is 0 Å². The van der Waals surface area contributed by atoms with Crippen molar-refractivity contribution >= 4 is 0 Å². The van der Waals surface area contributed by atoms with E-state index in [1.54, 1.807) is 0 Å². The highest BCUT2D eigenvalue weighted by molar-refractivity contribution is 4.71. The summed E-state index contributed by atoms with van der Waals surface area (Å²) in [5.74, 6) is 0. The molecule has 1 aliphatic carbocycles. The Morgan fingerprint density at radius 1 is 0.933 bits per heavy atom. The molecule has 1 nitrogen and oxygen atoms in total. The van der Waals surface area contributed by atoms with Gasteiger partial charge in [-0.05, 0) is 31.2 Å². The Morgan fingerprint density at radius 2 is 1.47 bits per heavy atom. The van der Waals surface area contributed by atoms with Crippen molar-refractivity contribution in [3.63, 3.8) is 0 Å². The summed E-state index contributed by atoms with van der Waals surface area (Å²) in [6, 6.07) is 0.813.